The number of fused-ring (bicyclic) bond motifs is 2. The Kier molecular flexibility index (Phi) is 4.29. The molecule has 0 N–H and O–H groups in total. The van der Waals surface area contributed by atoms with Gasteiger partial charge in [0.15, 0.2) is 11.6 Å². The van der Waals surface area contributed by atoms with Gasteiger partial charge in [0.1, 0.15) is 0 Å². The molecular weight excluding hydrogens is 488 g/mol. The Hall–Kier alpha value is -4.06. The highest BCUT2D eigenvalue weighted by Gasteiger charge is 2.73. The number of amides is 2. The van der Waals surface area contributed by atoms with Crippen LogP contribution in [0.25, 0.3) is 0 Å². The van der Waals surface area contributed by atoms with E-state index < -0.39 is 5.41 Å². The van der Waals surface area contributed by atoms with E-state index in [0.717, 1.165) is 33.7 Å². The fourth-order valence-corrected chi connectivity index (χ4v) is 8.54. The molecular formula is C33H28N2O4. The summed E-state index contributed by atoms with van der Waals surface area (Å²) in [6.07, 6.45) is 4.18. The summed E-state index contributed by atoms with van der Waals surface area (Å²) < 4.78 is 0. The zero-order chi connectivity index (χ0) is 26.8. The molecule has 5 atom stereocenters. The van der Waals surface area contributed by atoms with Crippen LogP contribution < -0.4 is 0 Å². The number of hydrogen-bond donors (Lipinski definition) is 0. The Morgan fingerprint density at radius 3 is 2.10 bits per heavy atom. The van der Waals surface area contributed by atoms with Gasteiger partial charge in [-0.1, -0.05) is 67.6 Å². The summed E-state index contributed by atoms with van der Waals surface area (Å²) in [6, 6.07) is 15.4. The van der Waals surface area contributed by atoms with Crippen LogP contribution in [0.1, 0.15) is 58.0 Å². The number of carbonyl (C=O) groups is 4. The molecule has 2 spiro atoms. The maximum atomic E-state index is 13.4. The monoisotopic (exact) mass is 516 g/mol. The minimum absolute atomic E-state index is 0.0323. The number of nitrogens with zero attached hydrogens (tertiary/aromatic N) is 2. The van der Waals surface area contributed by atoms with Crippen molar-refractivity contribution in [2.45, 2.75) is 37.0 Å². The zero-order valence-electron chi connectivity index (χ0n) is 21.8. The second kappa shape index (κ2) is 7.32. The van der Waals surface area contributed by atoms with Crippen LogP contribution in [0, 0.1) is 17.8 Å². The Morgan fingerprint density at radius 2 is 1.41 bits per heavy atom. The smallest absolute Gasteiger partial charge is 0.226 e. The lowest BCUT2D eigenvalue weighted by Crippen LogP contribution is -2.36. The van der Waals surface area contributed by atoms with E-state index in [1.165, 1.54) is 0 Å². The van der Waals surface area contributed by atoms with Gasteiger partial charge < -0.3 is 9.80 Å². The van der Waals surface area contributed by atoms with Crippen LogP contribution in [0.2, 0.25) is 0 Å². The number of hydrogen-bond acceptors (Lipinski definition) is 4. The van der Waals surface area contributed by atoms with Gasteiger partial charge in [-0.2, -0.15) is 0 Å². The maximum Gasteiger partial charge on any atom is 0.226 e. The lowest BCUT2D eigenvalue weighted by molar-refractivity contribution is -0.130. The molecule has 39 heavy (non-hydrogen) atoms. The minimum Gasteiger partial charge on any atom is -0.315 e. The Bertz CT molecular complexity index is 1650. The predicted molar refractivity (Wildman–Crippen MR) is 144 cm³/mol. The van der Waals surface area contributed by atoms with Crippen LogP contribution in [0.3, 0.4) is 0 Å². The van der Waals surface area contributed by atoms with Gasteiger partial charge >= 0.3 is 0 Å². The number of likely N-dealkylation sites (tertiary alicyclic amines) is 2. The molecule has 2 saturated heterocycles. The predicted octanol–water partition coefficient (Wildman–Crippen LogP) is 4.33. The molecule has 4 aliphatic carbocycles. The molecule has 2 aromatic rings. The molecule has 0 radical (unpaired) electrons. The van der Waals surface area contributed by atoms with Gasteiger partial charge in [-0.3, -0.25) is 19.2 Å². The number of rotatable bonds is 4. The highest BCUT2D eigenvalue weighted by atomic mass is 16.2. The molecule has 6 aliphatic rings. The van der Waals surface area contributed by atoms with Crippen molar-refractivity contribution >= 4 is 23.4 Å². The van der Waals surface area contributed by atoms with E-state index in [1.807, 2.05) is 48.5 Å². The van der Waals surface area contributed by atoms with Crippen molar-refractivity contribution in [2.75, 3.05) is 13.1 Å². The molecule has 2 heterocycles. The van der Waals surface area contributed by atoms with Crippen LogP contribution in [0.4, 0.5) is 0 Å². The molecule has 2 saturated carbocycles. The maximum absolute atomic E-state index is 13.4. The Labute approximate surface area is 226 Å². The Balaban J connectivity index is 0.971. The molecule has 6 nitrogen and oxygen atoms in total. The summed E-state index contributed by atoms with van der Waals surface area (Å²) in [7, 11) is 0. The first kappa shape index (κ1) is 22.9. The first-order valence-electron chi connectivity index (χ1n) is 13.8. The number of ketones is 2. The highest BCUT2D eigenvalue weighted by Crippen LogP contribution is 2.71. The van der Waals surface area contributed by atoms with Crippen molar-refractivity contribution in [3.05, 3.63) is 106 Å². The number of piperidine rings is 2. The second-order valence-electron chi connectivity index (χ2n) is 11.9. The SMILES string of the molecule is C=C1C2CN(C(=O)CCCC(=O)N3CC4C(C)C45C3=CC(=O)c3ccccc35)C3=CC(=O)c4ccccc4C132. The van der Waals surface area contributed by atoms with Gasteiger partial charge in [-0.25, -0.2) is 0 Å². The van der Waals surface area contributed by atoms with E-state index in [4.69, 9.17) is 0 Å². The average Bonchev–Trinajstić information content (AvgIpc) is 3.54. The number of carbonyl (C=O) groups excluding carboxylic acids is 4. The normalized spacial score (nSPS) is 32.3. The average molecular weight is 517 g/mol. The second-order valence-corrected chi connectivity index (χ2v) is 11.9. The summed E-state index contributed by atoms with van der Waals surface area (Å²) in [5.41, 5.74) is 5.45. The van der Waals surface area contributed by atoms with Crippen molar-refractivity contribution < 1.29 is 19.2 Å². The number of allylic oxidation sites excluding steroid dienone is 4. The molecule has 6 heteroatoms. The van der Waals surface area contributed by atoms with Crippen LogP contribution in [0.5, 0.6) is 0 Å². The van der Waals surface area contributed by atoms with E-state index in [9.17, 15) is 19.2 Å². The quantitative estimate of drug-likeness (QED) is 0.567. The van der Waals surface area contributed by atoms with E-state index in [1.54, 1.807) is 22.0 Å². The fourth-order valence-electron chi connectivity index (χ4n) is 8.54. The lowest BCUT2D eigenvalue weighted by atomic mass is 9.80. The van der Waals surface area contributed by atoms with Crippen LogP contribution in [-0.2, 0) is 20.4 Å². The van der Waals surface area contributed by atoms with Crippen LogP contribution in [0.15, 0.2) is 84.2 Å². The zero-order valence-corrected chi connectivity index (χ0v) is 21.8. The van der Waals surface area contributed by atoms with Gasteiger partial charge in [0, 0.05) is 71.9 Å². The van der Waals surface area contributed by atoms with Crippen molar-refractivity contribution in [1.29, 1.82) is 0 Å². The van der Waals surface area contributed by atoms with Crippen LogP contribution >= 0.6 is 0 Å². The van der Waals surface area contributed by atoms with Crippen molar-refractivity contribution in [3.63, 3.8) is 0 Å². The van der Waals surface area contributed by atoms with E-state index in [0.29, 0.717) is 36.9 Å². The Morgan fingerprint density at radius 1 is 0.846 bits per heavy atom. The first-order valence-corrected chi connectivity index (χ1v) is 13.8. The van der Waals surface area contributed by atoms with Gasteiger partial charge in [-0.05, 0) is 29.4 Å². The van der Waals surface area contributed by atoms with Crippen LogP contribution in [-0.4, -0.2) is 46.3 Å². The van der Waals surface area contributed by atoms with E-state index >= 15 is 0 Å². The molecule has 2 aromatic carbocycles. The molecule has 0 aromatic heterocycles. The lowest BCUT2D eigenvalue weighted by Gasteiger charge is -2.31. The third kappa shape index (κ3) is 2.58. The van der Waals surface area contributed by atoms with Crippen molar-refractivity contribution in [1.82, 2.24) is 9.80 Å². The first-order chi connectivity index (χ1) is 18.8. The summed E-state index contributed by atoms with van der Waals surface area (Å²) in [5.74, 6) is 0.640. The van der Waals surface area contributed by atoms with Gasteiger partial charge in [0.2, 0.25) is 11.8 Å². The summed E-state index contributed by atoms with van der Waals surface area (Å²) in [5, 5.41) is 0. The van der Waals surface area contributed by atoms with Gasteiger partial charge in [0.05, 0.1) is 5.41 Å². The molecule has 2 amide bonds. The third-order valence-corrected chi connectivity index (χ3v) is 10.5. The molecule has 8 rings (SSSR count). The van der Waals surface area contributed by atoms with E-state index in [2.05, 4.69) is 13.5 Å². The van der Waals surface area contributed by atoms with Crippen molar-refractivity contribution in [3.8, 4) is 0 Å². The molecule has 5 unspecified atom stereocenters. The molecule has 2 aliphatic heterocycles. The summed E-state index contributed by atoms with van der Waals surface area (Å²) in [4.78, 5) is 56.0. The molecule has 0 bridgehead atoms. The van der Waals surface area contributed by atoms with Gasteiger partial charge in [0.25, 0.3) is 0 Å². The molecule has 194 valence electrons. The minimum atomic E-state index is -0.423. The fraction of sp³-hybridized carbons (Fsp3) is 0.333. The standard InChI is InChI=1S/C33H28N2O4/c1-18-24-16-34(28-14-26(36)20-8-3-5-10-22(20)32(18,24)28)30(38)12-7-13-31(39)35-17-25-19(2)33(25)23-11-6-4-9-21(23)27(37)15-29(33)35/h3-6,8-11,14-15,19,24-25H,1,7,12-13,16-17H2,2H3. The molecule has 4 fully saturated rings. The summed E-state index contributed by atoms with van der Waals surface area (Å²) >= 11 is 0. The van der Waals surface area contributed by atoms with Crippen molar-refractivity contribution in [2.24, 2.45) is 17.8 Å². The topological polar surface area (TPSA) is 74.8 Å². The highest BCUT2D eigenvalue weighted by molar-refractivity contribution is 6.10. The largest absolute Gasteiger partial charge is 0.315 e. The van der Waals surface area contributed by atoms with Gasteiger partial charge in [-0.15, -0.1) is 0 Å². The van der Waals surface area contributed by atoms with E-state index in [-0.39, 0.29) is 47.6 Å². The third-order valence-electron chi connectivity index (χ3n) is 10.5. The summed E-state index contributed by atoms with van der Waals surface area (Å²) in [6.45, 7) is 7.62. The number of benzene rings is 2.